The molecule has 0 atom stereocenters. The normalized spacial score (nSPS) is 11.1. The van der Waals surface area contributed by atoms with E-state index in [4.69, 9.17) is 23.2 Å². The van der Waals surface area contributed by atoms with Crippen molar-refractivity contribution in [1.29, 1.82) is 0 Å². The van der Waals surface area contributed by atoms with E-state index in [1.165, 1.54) is 17.8 Å². The highest BCUT2D eigenvalue weighted by atomic mass is 35.5. The molecule has 196 valence electrons. The molecule has 0 fully saturated rings. The average Bonchev–Trinajstić information content (AvgIpc) is 2.93. The molecule has 0 heterocycles. The third kappa shape index (κ3) is 7.83. The Morgan fingerprint density at radius 1 is 0.846 bits per heavy atom. The van der Waals surface area contributed by atoms with Gasteiger partial charge in [-0.15, -0.1) is 11.8 Å². The van der Waals surface area contributed by atoms with Crippen LogP contribution in [0, 0.1) is 6.92 Å². The summed E-state index contributed by atoms with van der Waals surface area (Å²) in [6, 6.07) is 28.2. The van der Waals surface area contributed by atoms with Gasteiger partial charge in [-0.1, -0.05) is 71.7 Å². The molecule has 39 heavy (non-hydrogen) atoms. The summed E-state index contributed by atoms with van der Waals surface area (Å²) in [5.74, 6) is -0.851. The van der Waals surface area contributed by atoms with E-state index in [-0.39, 0.29) is 17.2 Å². The first-order valence-electron chi connectivity index (χ1n) is 12.0. The molecule has 8 heteroatoms. The number of aryl methyl sites for hydroxylation is 1. The smallest absolute Gasteiger partial charge is 0.272 e. The molecule has 4 rings (SSSR count). The number of benzene rings is 4. The third-order valence-electron chi connectivity index (χ3n) is 5.71. The van der Waals surface area contributed by atoms with Gasteiger partial charge in [0, 0.05) is 26.7 Å². The number of carbonyl (C=O) groups is 3. The Morgan fingerprint density at radius 2 is 1.59 bits per heavy atom. The summed E-state index contributed by atoms with van der Waals surface area (Å²) in [5.41, 5.74) is 3.22. The minimum atomic E-state index is -0.478. The van der Waals surface area contributed by atoms with Gasteiger partial charge < -0.3 is 10.6 Å². The lowest BCUT2D eigenvalue weighted by Gasteiger charge is -2.13. The molecule has 2 N–H and O–H groups in total. The molecule has 0 spiro atoms. The highest BCUT2D eigenvalue weighted by Gasteiger charge is 2.16. The molecule has 0 unspecified atom stereocenters. The largest absolute Gasteiger partial charge is 0.321 e. The molecule has 5 nitrogen and oxygen atoms in total. The molecule has 2 amide bonds. The van der Waals surface area contributed by atoms with Crippen molar-refractivity contribution >= 4 is 64.3 Å². The maximum atomic E-state index is 13.3. The molecule has 0 bridgehead atoms. The topological polar surface area (TPSA) is 75.3 Å². The van der Waals surface area contributed by atoms with Gasteiger partial charge >= 0.3 is 0 Å². The van der Waals surface area contributed by atoms with E-state index in [9.17, 15) is 14.4 Å². The summed E-state index contributed by atoms with van der Waals surface area (Å²) in [6.07, 6.45) is 1.65. The van der Waals surface area contributed by atoms with Crippen molar-refractivity contribution in [2.24, 2.45) is 0 Å². The number of nitrogens with one attached hydrogen (secondary N) is 2. The monoisotopic (exact) mass is 574 g/mol. The number of carbonyl (C=O) groups excluding carboxylic acids is 3. The Kier molecular flexibility index (Phi) is 9.60. The fourth-order valence-electron chi connectivity index (χ4n) is 3.65. The quantitative estimate of drug-likeness (QED) is 0.122. The van der Waals surface area contributed by atoms with Crippen molar-refractivity contribution < 1.29 is 14.4 Å². The molecular weight excluding hydrogens is 551 g/mol. The van der Waals surface area contributed by atoms with Crippen LogP contribution in [0.25, 0.3) is 6.08 Å². The summed E-state index contributed by atoms with van der Waals surface area (Å²) < 4.78 is 0. The van der Waals surface area contributed by atoms with Gasteiger partial charge in [-0.05, 0) is 72.7 Å². The number of thioether (sulfide) groups is 1. The number of anilines is 1. The molecule has 0 aromatic heterocycles. The van der Waals surface area contributed by atoms with Gasteiger partial charge in [-0.25, -0.2) is 0 Å². The van der Waals surface area contributed by atoms with Gasteiger partial charge in [0.1, 0.15) is 5.70 Å². The molecular formula is C31H24Cl2N2O3S. The van der Waals surface area contributed by atoms with Crippen molar-refractivity contribution in [3.63, 3.8) is 0 Å². The molecule has 0 aliphatic heterocycles. The fourth-order valence-corrected chi connectivity index (χ4v) is 5.00. The highest BCUT2D eigenvalue weighted by molar-refractivity contribution is 8.00. The molecule has 0 aliphatic rings. The highest BCUT2D eigenvalue weighted by Crippen LogP contribution is 2.26. The second-order valence-electron chi connectivity index (χ2n) is 8.55. The predicted octanol–water partition coefficient (Wildman–Crippen LogP) is 7.69. The Labute approximate surface area is 241 Å². The van der Waals surface area contributed by atoms with E-state index < -0.39 is 11.8 Å². The zero-order valence-electron chi connectivity index (χ0n) is 20.9. The van der Waals surface area contributed by atoms with Crippen molar-refractivity contribution in [2.75, 3.05) is 11.1 Å². The van der Waals surface area contributed by atoms with Crippen LogP contribution in [0.5, 0.6) is 0 Å². The van der Waals surface area contributed by atoms with Gasteiger partial charge in [-0.3, -0.25) is 14.4 Å². The van der Waals surface area contributed by atoms with Crippen LogP contribution in [-0.2, 0) is 4.79 Å². The first-order valence-corrected chi connectivity index (χ1v) is 13.7. The first kappa shape index (κ1) is 28.2. The van der Waals surface area contributed by atoms with Crippen LogP contribution >= 0.6 is 35.0 Å². The van der Waals surface area contributed by atoms with Gasteiger partial charge in [0.2, 0.25) is 0 Å². The van der Waals surface area contributed by atoms with E-state index in [2.05, 4.69) is 10.6 Å². The van der Waals surface area contributed by atoms with Crippen LogP contribution in [-0.4, -0.2) is 23.4 Å². The van der Waals surface area contributed by atoms with Crippen LogP contribution in [0.15, 0.2) is 108 Å². The maximum absolute atomic E-state index is 13.3. The lowest BCUT2D eigenvalue weighted by atomic mass is 10.1. The number of amides is 2. The number of ketones is 1. The second-order valence-corrected chi connectivity index (χ2v) is 10.4. The molecule has 0 radical (unpaired) electrons. The van der Waals surface area contributed by atoms with Crippen LogP contribution < -0.4 is 10.6 Å². The minimum Gasteiger partial charge on any atom is -0.321 e. The summed E-state index contributed by atoms with van der Waals surface area (Å²) >= 11 is 13.4. The molecule has 0 saturated heterocycles. The molecule has 0 saturated carbocycles. The lowest BCUT2D eigenvalue weighted by Crippen LogP contribution is -2.30. The Balaban J connectivity index is 1.50. The van der Waals surface area contributed by atoms with Crippen molar-refractivity contribution in [1.82, 2.24) is 5.32 Å². The van der Waals surface area contributed by atoms with Crippen LogP contribution in [0.1, 0.15) is 31.8 Å². The number of hydrogen-bond acceptors (Lipinski definition) is 4. The van der Waals surface area contributed by atoms with Crippen LogP contribution in [0.2, 0.25) is 10.0 Å². The molecule has 4 aromatic rings. The molecule has 4 aromatic carbocycles. The zero-order valence-corrected chi connectivity index (χ0v) is 23.2. The third-order valence-corrected chi connectivity index (χ3v) is 7.25. The first-order chi connectivity index (χ1) is 18.8. The number of hydrogen-bond donors (Lipinski definition) is 2. The number of rotatable bonds is 9. The number of Topliss-reactive ketones (excluding diaryl/α,β-unsaturated/α-hetero) is 1. The SMILES string of the molecule is Cc1ccccc1/C=C(\NC(=O)c1ccccc1)C(=O)Nc1cccc(SCC(=O)c2ccc(Cl)cc2Cl)c1. The standard InChI is InChI=1S/C31H24Cl2N2O3S/c1-20-8-5-6-11-22(20)16-28(35-30(37)21-9-3-2-4-10-21)31(38)34-24-12-7-13-25(18-24)39-19-29(36)26-15-14-23(32)17-27(26)33/h2-18H,19H2,1H3,(H,34,38)(H,35,37)/b28-16-. The predicted molar refractivity (Wildman–Crippen MR) is 160 cm³/mol. The lowest BCUT2D eigenvalue weighted by molar-refractivity contribution is -0.113. The fraction of sp³-hybridized carbons (Fsp3) is 0.0645. The van der Waals surface area contributed by atoms with Crippen molar-refractivity contribution in [3.05, 3.63) is 135 Å². The van der Waals surface area contributed by atoms with Gasteiger partial charge in [0.15, 0.2) is 5.78 Å². The summed E-state index contributed by atoms with van der Waals surface area (Å²) in [7, 11) is 0. The summed E-state index contributed by atoms with van der Waals surface area (Å²) in [6.45, 7) is 1.93. The van der Waals surface area contributed by atoms with E-state index in [1.54, 1.807) is 60.7 Å². The Hall–Kier alpha value is -3.84. The van der Waals surface area contributed by atoms with Gasteiger partial charge in [0.05, 0.1) is 10.8 Å². The van der Waals surface area contributed by atoms with Gasteiger partial charge in [-0.2, -0.15) is 0 Å². The second kappa shape index (κ2) is 13.3. The Morgan fingerprint density at radius 3 is 2.33 bits per heavy atom. The number of halogens is 2. The van der Waals surface area contributed by atoms with Crippen molar-refractivity contribution in [3.8, 4) is 0 Å². The van der Waals surface area contributed by atoms with Crippen LogP contribution in [0.4, 0.5) is 5.69 Å². The van der Waals surface area contributed by atoms with Crippen molar-refractivity contribution in [2.45, 2.75) is 11.8 Å². The summed E-state index contributed by atoms with van der Waals surface area (Å²) in [5, 5.41) is 6.37. The average molecular weight is 576 g/mol. The maximum Gasteiger partial charge on any atom is 0.272 e. The molecule has 0 aliphatic carbocycles. The van der Waals surface area contributed by atoms with Gasteiger partial charge in [0.25, 0.3) is 11.8 Å². The van der Waals surface area contributed by atoms with Crippen LogP contribution in [0.3, 0.4) is 0 Å². The summed E-state index contributed by atoms with van der Waals surface area (Å²) in [4.78, 5) is 39.6. The van der Waals surface area contributed by atoms with E-state index in [0.29, 0.717) is 26.9 Å². The Bertz CT molecular complexity index is 1550. The zero-order chi connectivity index (χ0) is 27.8. The minimum absolute atomic E-state index is 0.101. The van der Waals surface area contributed by atoms with E-state index in [1.807, 2.05) is 43.3 Å². The van der Waals surface area contributed by atoms with E-state index >= 15 is 0 Å². The van der Waals surface area contributed by atoms with E-state index in [0.717, 1.165) is 16.0 Å².